The van der Waals surface area contributed by atoms with E-state index in [9.17, 15) is 4.79 Å². The van der Waals surface area contributed by atoms with Crippen molar-refractivity contribution < 1.29 is 14.1 Å². The number of carbonyl (C=O) groups excluding carboxylic acids is 1. The van der Waals surface area contributed by atoms with Gasteiger partial charge in [0.15, 0.2) is 5.82 Å². The molecule has 1 aliphatic rings. The van der Waals surface area contributed by atoms with E-state index in [0.29, 0.717) is 12.3 Å². The number of unbranched alkanes of at least 4 members (excludes halogenated alkanes) is 1. The Morgan fingerprint density at radius 1 is 1.47 bits per heavy atom. The van der Waals surface area contributed by atoms with Crippen LogP contribution in [0.3, 0.4) is 0 Å². The third kappa shape index (κ3) is 4.17. The zero-order valence-corrected chi connectivity index (χ0v) is 10.1. The number of methoxy groups -OCH3 is 1. The number of carbonyl (C=O) groups is 1. The Balaban J connectivity index is 1.64. The van der Waals surface area contributed by atoms with E-state index in [4.69, 9.17) is 4.52 Å². The van der Waals surface area contributed by atoms with Crippen molar-refractivity contribution in [1.29, 1.82) is 0 Å². The lowest BCUT2D eigenvalue weighted by Gasteiger charge is -1.97. The molecule has 0 aromatic carbocycles. The summed E-state index contributed by atoms with van der Waals surface area (Å²) in [5.41, 5.74) is 0. The maximum absolute atomic E-state index is 10.9. The van der Waals surface area contributed by atoms with Crippen LogP contribution in [0.2, 0.25) is 0 Å². The van der Waals surface area contributed by atoms with Crippen molar-refractivity contribution in [2.45, 2.75) is 44.9 Å². The third-order valence-electron chi connectivity index (χ3n) is 2.93. The number of ether oxygens (including phenoxy) is 1. The molecule has 0 amide bonds. The molecule has 17 heavy (non-hydrogen) atoms. The molecule has 0 bridgehead atoms. The van der Waals surface area contributed by atoms with Crippen LogP contribution in [0.4, 0.5) is 0 Å². The minimum absolute atomic E-state index is 0.162. The van der Waals surface area contributed by atoms with Gasteiger partial charge in [-0.2, -0.15) is 4.98 Å². The van der Waals surface area contributed by atoms with Crippen LogP contribution in [0.25, 0.3) is 0 Å². The summed E-state index contributed by atoms with van der Waals surface area (Å²) in [4.78, 5) is 15.2. The molecule has 5 heteroatoms. The summed E-state index contributed by atoms with van der Waals surface area (Å²) in [6.45, 7) is 0. The molecule has 0 spiro atoms. The molecular weight excluding hydrogens is 220 g/mol. The highest BCUT2D eigenvalue weighted by Crippen LogP contribution is 2.31. The summed E-state index contributed by atoms with van der Waals surface area (Å²) in [5, 5.41) is 3.95. The standard InChI is InChI=1S/C12H18N2O3/c1-16-12(15)5-3-2-4-11-13-10(14-17-11)8-9-6-7-9/h9H,2-8H2,1H3. The third-order valence-corrected chi connectivity index (χ3v) is 2.93. The fourth-order valence-corrected chi connectivity index (χ4v) is 1.70. The molecule has 1 aromatic rings. The van der Waals surface area contributed by atoms with Crippen molar-refractivity contribution in [3.05, 3.63) is 11.7 Å². The van der Waals surface area contributed by atoms with Gasteiger partial charge in [0, 0.05) is 19.3 Å². The van der Waals surface area contributed by atoms with Crippen LogP contribution in [-0.2, 0) is 22.4 Å². The fourth-order valence-electron chi connectivity index (χ4n) is 1.70. The first-order valence-electron chi connectivity index (χ1n) is 6.16. The Bertz CT molecular complexity index is 372. The maximum Gasteiger partial charge on any atom is 0.305 e. The molecule has 0 atom stereocenters. The summed E-state index contributed by atoms with van der Waals surface area (Å²) in [6.07, 6.45) is 6.42. The monoisotopic (exact) mass is 238 g/mol. The normalized spacial score (nSPS) is 14.9. The van der Waals surface area contributed by atoms with Gasteiger partial charge in [0.2, 0.25) is 5.89 Å². The highest BCUT2D eigenvalue weighted by atomic mass is 16.5. The Morgan fingerprint density at radius 3 is 3.00 bits per heavy atom. The smallest absolute Gasteiger partial charge is 0.305 e. The zero-order valence-electron chi connectivity index (χ0n) is 10.1. The zero-order chi connectivity index (χ0) is 12.1. The first-order valence-corrected chi connectivity index (χ1v) is 6.16. The number of hydrogen-bond acceptors (Lipinski definition) is 5. The molecule has 1 heterocycles. The van der Waals surface area contributed by atoms with E-state index in [1.165, 1.54) is 20.0 Å². The van der Waals surface area contributed by atoms with Crippen LogP contribution in [0.1, 0.15) is 43.8 Å². The number of aromatic nitrogens is 2. The Labute approximate surface area is 101 Å². The Kier molecular flexibility index (Phi) is 4.12. The van der Waals surface area contributed by atoms with Gasteiger partial charge in [-0.3, -0.25) is 4.79 Å². The number of rotatable bonds is 7. The van der Waals surface area contributed by atoms with Crippen LogP contribution < -0.4 is 0 Å². The van der Waals surface area contributed by atoms with Gasteiger partial charge in [0.1, 0.15) is 0 Å². The van der Waals surface area contributed by atoms with Crippen molar-refractivity contribution in [2.24, 2.45) is 5.92 Å². The van der Waals surface area contributed by atoms with Crippen LogP contribution >= 0.6 is 0 Å². The van der Waals surface area contributed by atoms with Crippen molar-refractivity contribution >= 4 is 5.97 Å². The molecule has 0 unspecified atom stereocenters. The van der Waals surface area contributed by atoms with Crippen LogP contribution in [0, 0.1) is 5.92 Å². The van der Waals surface area contributed by atoms with E-state index < -0.39 is 0 Å². The SMILES string of the molecule is COC(=O)CCCCc1nc(CC2CC2)no1. The van der Waals surface area contributed by atoms with Gasteiger partial charge < -0.3 is 9.26 Å². The van der Waals surface area contributed by atoms with Crippen molar-refractivity contribution in [2.75, 3.05) is 7.11 Å². The lowest BCUT2D eigenvalue weighted by atomic mass is 10.2. The predicted molar refractivity (Wildman–Crippen MR) is 60.3 cm³/mol. The number of hydrogen-bond donors (Lipinski definition) is 0. The van der Waals surface area contributed by atoms with Crippen LogP contribution in [-0.4, -0.2) is 23.2 Å². The quantitative estimate of drug-likeness (QED) is 0.536. The molecule has 1 aromatic heterocycles. The molecule has 5 nitrogen and oxygen atoms in total. The first-order chi connectivity index (χ1) is 8.28. The molecule has 2 rings (SSSR count). The molecule has 0 saturated heterocycles. The molecule has 0 aliphatic heterocycles. The Hall–Kier alpha value is -1.39. The first kappa shape index (κ1) is 12.1. The predicted octanol–water partition coefficient (Wildman–Crippen LogP) is 1.91. The minimum Gasteiger partial charge on any atom is -0.469 e. The van der Waals surface area contributed by atoms with Crippen molar-refractivity contribution in [3.8, 4) is 0 Å². The van der Waals surface area contributed by atoms with E-state index in [0.717, 1.165) is 37.4 Å². The average Bonchev–Trinajstić information content (AvgIpc) is 3.03. The lowest BCUT2D eigenvalue weighted by Crippen LogP contribution is -1.99. The van der Waals surface area contributed by atoms with Gasteiger partial charge in [-0.05, 0) is 31.6 Å². The van der Waals surface area contributed by atoms with E-state index in [1.807, 2.05) is 0 Å². The molecule has 1 aliphatic carbocycles. The molecule has 1 fully saturated rings. The molecule has 94 valence electrons. The highest BCUT2D eigenvalue weighted by molar-refractivity contribution is 5.68. The van der Waals surface area contributed by atoms with Gasteiger partial charge >= 0.3 is 5.97 Å². The van der Waals surface area contributed by atoms with Gasteiger partial charge in [-0.15, -0.1) is 0 Å². The van der Waals surface area contributed by atoms with E-state index in [-0.39, 0.29) is 5.97 Å². The van der Waals surface area contributed by atoms with Crippen molar-refractivity contribution in [3.63, 3.8) is 0 Å². The summed E-state index contributed by atoms with van der Waals surface area (Å²) in [5.74, 6) is 2.13. The molecular formula is C12H18N2O3. The summed E-state index contributed by atoms with van der Waals surface area (Å²) in [6, 6.07) is 0. The molecule has 1 saturated carbocycles. The topological polar surface area (TPSA) is 65.2 Å². The van der Waals surface area contributed by atoms with E-state index in [1.54, 1.807) is 0 Å². The maximum atomic E-state index is 10.9. The van der Waals surface area contributed by atoms with Gasteiger partial charge in [0.25, 0.3) is 0 Å². The summed E-state index contributed by atoms with van der Waals surface area (Å²) < 4.78 is 9.72. The fraction of sp³-hybridized carbons (Fsp3) is 0.750. The van der Waals surface area contributed by atoms with Gasteiger partial charge in [-0.1, -0.05) is 5.16 Å². The van der Waals surface area contributed by atoms with Crippen LogP contribution in [0.15, 0.2) is 4.52 Å². The molecule has 0 N–H and O–H groups in total. The second-order valence-corrected chi connectivity index (χ2v) is 4.54. The largest absolute Gasteiger partial charge is 0.469 e. The summed E-state index contributed by atoms with van der Waals surface area (Å²) >= 11 is 0. The van der Waals surface area contributed by atoms with Crippen LogP contribution in [0.5, 0.6) is 0 Å². The summed E-state index contributed by atoms with van der Waals surface area (Å²) in [7, 11) is 1.41. The minimum atomic E-state index is -0.162. The van der Waals surface area contributed by atoms with Gasteiger partial charge in [0.05, 0.1) is 7.11 Å². The highest BCUT2D eigenvalue weighted by Gasteiger charge is 2.23. The second kappa shape index (κ2) is 5.80. The van der Waals surface area contributed by atoms with Crippen molar-refractivity contribution in [1.82, 2.24) is 10.1 Å². The second-order valence-electron chi connectivity index (χ2n) is 4.54. The number of aryl methyl sites for hydroxylation is 1. The van der Waals surface area contributed by atoms with E-state index in [2.05, 4.69) is 14.9 Å². The van der Waals surface area contributed by atoms with E-state index >= 15 is 0 Å². The Morgan fingerprint density at radius 2 is 2.29 bits per heavy atom. The number of nitrogens with zero attached hydrogens (tertiary/aromatic N) is 2. The lowest BCUT2D eigenvalue weighted by molar-refractivity contribution is -0.140. The average molecular weight is 238 g/mol. The number of esters is 1. The molecule has 0 radical (unpaired) electrons. The van der Waals surface area contributed by atoms with Gasteiger partial charge in [-0.25, -0.2) is 0 Å².